The van der Waals surface area contributed by atoms with Crippen LogP contribution in [-0.4, -0.2) is 80.4 Å². The van der Waals surface area contributed by atoms with Crippen LogP contribution in [0, 0.1) is 0 Å². The van der Waals surface area contributed by atoms with Crippen LogP contribution in [-0.2, 0) is 29.5 Å². The quantitative estimate of drug-likeness (QED) is 0.0370. The second-order valence-electron chi connectivity index (χ2n) is 19.3. The second kappa shape index (κ2) is 35.0. The molecule has 99 heavy (non-hydrogen) atoms. The molecule has 4 amide bonds. The number of benzene rings is 1. The standard InChI is InChI=1S/3C12H10ClF3N4OS.C12H7ClF3N3O2S.C8H8O3/c3*1-5(17)11-19-4-8(22-11)10(21)20-9-2-6(12(14,15)16)7(13)3-18-9;1-5(20)11-18-4-8(22-11)10(21)19-9-2-6(12(14,15)16)7(13)3-17-9;9-7(8(10)11)6-4-2-1-3-5-6/h3*2-5H,17H2,1H3,(H,18,20,21);2-4H,1H3,(H,17,19,21);1-5,7,9H,(H,10,11)/p-1/t3*5-;;7-/m111.0/s1. The fourth-order valence-corrected chi connectivity index (χ4v) is 10.6. The third-order valence-electron chi connectivity index (χ3n) is 11.4. The Hall–Kier alpha value is -8.48. The van der Waals surface area contributed by atoms with E-state index in [9.17, 15) is 86.6 Å². The van der Waals surface area contributed by atoms with Crippen molar-refractivity contribution >= 4 is 150 Å². The molecule has 9 rings (SSSR count). The minimum atomic E-state index is -4.66. The molecule has 0 fully saturated rings. The molecule has 23 nitrogen and oxygen atoms in total. The maximum absolute atomic E-state index is 12.7. The van der Waals surface area contributed by atoms with Crippen LogP contribution in [0.2, 0.25) is 20.1 Å². The average Bonchev–Trinajstić information content (AvgIpc) is 1.27. The van der Waals surface area contributed by atoms with E-state index in [1.54, 1.807) is 39.0 Å². The average molecular weight is 1550 g/mol. The summed E-state index contributed by atoms with van der Waals surface area (Å²) in [6.45, 7) is 6.40. The number of nitrogens with two attached hydrogens (primary N) is 3. The first-order valence-corrected chi connectivity index (χ1v) is 31.4. The zero-order valence-corrected chi connectivity index (χ0v) is 56.2. The maximum Gasteiger partial charge on any atom is 0.418 e. The number of thiazole rings is 4. The van der Waals surface area contributed by atoms with Gasteiger partial charge in [-0.1, -0.05) is 76.7 Å². The number of anilines is 4. The van der Waals surface area contributed by atoms with Crippen LogP contribution in [0.3, 0.4) is 0 Å². The Bertz CT molecular complexity index is 4050. The fourth-order valence-electron chi connectivity index (χ4n) is 6.73. The van der Waals surface area contributed by atoms with Gasteiger partial charge in [0, 0.05) is 31.7 Å². The van der Waals surface area contributed by atoms with E-state index in [1.165, 1.54) is 37.6 Å². The predicted octanol–water partition coefficient (Wildman–Crippen LogP) is 13.6. The van der Waals surface area contributed by atoms with Crippen LogP contribution in [0.15, 0.2) is 104 Å². The third-order valence-corrected chi connectivity index (χ3v) is 17.3. The highest BCUT2D eigenvalue weighted by atomic mass is 35.5. The lowest BCUT2D eigenvalue weighted by Gasteiger charge is -2.10. The summed E-state index contributed by atoms with van der Waals surface area (Å²) in [7, 11) is 0. The predicted molar refractivity (Wildman–Crippen MR) is 341 cm³/mol. The lowest BCUT2D eigenvalue weighted by molar-refractivity contribution is -0.315. The van der Waals surface area contributed by atoms with Gasteiger partial charge in [-0.15, -0.1) is 45.3 Å². The molecule has 1 aromatic carbocycles. The van der Waals surface area contributed by atoms with Crippen molar-refractivity contribution in [2.45, 2.75) is 76.6 Å². The number of aliphatic hydroxyl groups excluding tert-OH is 1. The van der Waals surface area contributed by atoms with Crippen molar-refractivity contribution in [1.82, 2.24) is 39.9 Å². The van der Waals surface area contributed by atoms with Gasteiger partial charge in [0.2, 0.25) is 0 Å². The number of carbonyl (C=O) groups excluding carboxylic acids is 6. The molecule has 9 aromatic rings. The Morgan fingerprint density at radius 2 is 0.687 bits per heavy atom. The number of aliphatic carboxylic acids is 1. The molecule has 0 aliphatic carbocycles. The first-order chi connectivity index (χ1) is 45.9. The number of Topliss-reactive ketones (excluding diaryl/α,β-unsaturated/α-hetero) is 1. The summed E-state index contributed by atoms with van der Waals surface area (Å²) in [5, 5.41) is 27.7. The number of rotatable bonds is 14. The Balaban J connectivity index is 0.000000227. The second-order valence-corrected chi connectivity index (χ2v) is 25.1. The van der Waals surface area contributed by atoms with Gasteiger partial charge in [-0.3, -0.25) is 24.0 Å². The first kappa shape index (κ1) is 81.2. The van der Waals surface area contributed by atoms with Crippen molar-refractivity contribution in [3.63, 3.8) is 0 Å². The number of nitrogens with one attached hydrogen (secondary N) is 4. The molecule has 0 aliphatic rings. The number of nitrogens with zero attached hydrogens (tertiary/aromatic N) is 8. The molecule has 0 unspecified atom stereocenters. The van der Waals surface area contributed by atoms with Crippen molar-refractivity contribution < 1.29 is 91.7 Å². The molecular weight excluding hydrogens is 1510 g/mol. The highest BCUT2D eigenvalue weighted by Gasteiger charge is 2.37. The molecular formula is C56H44Cl4F12N15O8S4-. The van der Waals surface area contributed by atoms with Gasteiger partial charge in [0.25, 0.3) is 23.6 Å². The topological polar surface area (TPSA) is 375 Å². The number of hydrogen-bond acceptors (Lipinski definition) is 23. The van der Waals surface area contributed by atoms with E-state index in [-0.39, 0.29) is 71.7 Å². The van der Waals surface area contributed by atoms with Crippen LogP contribution < -0.4 is 43.6 Å². The fraction of sp³-hybridized carbons (Fsp3) is 0.214. The van der Waals surface area contributed by atoms with Crippen molar-refractivity contribution in [2.24, 2.45) is 17.2 Å². The lowest BCUT2D eigenvalue weighted by Crippen LogP contribution is -2.29. The normalized spacial score (nSPS) is 12.6. The Morgan fingerprint density at radius 3 is 0.899 bits per heavy atom. The molecule has 11 N–H and O–H groups in total. The molecule has 0 bridgehead atoms. The van der Waals surface area contributed by atoms with E-state index >= 15 is 0 Å². The van der Waals surface area contributed by atoms with E-state index in [2.05, 4.69) is 61.1 Å². The van der Waals surface area contributed by atoms with Gasteiger partial charge < -0.3 is 53.5 Å². The Labute approximate surface area is 585 Å². The summed E-state index contributed by atoms with van der Waals surface area (Å²) in [5.41, 5.74) is 12.9. The number of amides is 4. The molecule has 0 saturated carbocycles. The van der Waals surface area contributed by atoms with Gasteiger partial charge in [-0.05, 0) is 50.6 Å². The minimum Gasteiger partial charge on any atom is -0.547 e. The van der Waals surface area contributed by atoms with E-state index in [0.717, 1.165) is 76.3 Å². The van der Waals surface area contributed by atoms with E-state index in [1.807, 2.05) is 0 Å². The summed E-state index contributed by atoms with van der Waals surface area (Å²) in [6, 6.07) is 9.75. The molecule has 0 radical (unpaired) electrons. The van der Waals surface area contributed by atoms with Crippen LogP contribution >= 0.6 is 91.8 Å². The van der Waals surface area contributed by atoms with E-state index in [0.29, 0.717) is 44.9 Å². The lowest BCUT2D eigenvalue weighted by atomic mass is 10.1. The molecule has 0 spiro atoms. The number of carboxylic acid groups (broad SMARTS) is 1. The molecule has 528 valence electrons. The number of hydrogen-bond donors (Lipinski definition) is 8. The van der Waals surface area contributed by atoms with Crippen molar-refractivity contribution in [3.8, 4) is 0 Å². The maximum atomic E-state index is 12.7. The van der Waals surface area contributed by atoms with E-state index < -0.39 is 103 Å². The van der Waals surface area contributed by atoms with E-state index in [4.69, 9.17) is 68.7 Å². The number of carboxylic acids is 1. The first-order valence-electron chi connectivity index (χ1n) is 26.7. The molecule has 8 aromatic heterocycles. The van der Waals surface area contributed by atoms with Crippen molar-refractivity contribution in [1.29, 1.82) is 0 Å². The molecule has 8 heterocycles. The summed E-state index contributed by atoms with van der Waals surface area (Å²) in [4.78, 5) is 99.9. The monoisotopic (exact) mass is 1550 g/mol. The van der Waals surface area contributed by atoms with Crippen LogP contribution in [0.1, 0.15) is 143 Å². The van der Waals surface area contributed by atoms with Gasteiger partial charge in [0.05, 0.1) is 91.2 Å². The van der Waals surface area contributed by atoms with Gasteiger partial charge >= 0.3 is 24.7 Å². The number of carbonyl (C=O) groups is 6. The largest absolute Gasteiger partial charge is 0.547 e. The zero-order chi connectivity index (χ0) is 74.2. The van der Waals surface area contributed by atoms with Crippen LogP contribution in [0.25, 0.3) is 0 Å². The van der Waals surface area contributed by atoms with Gasteiger partial charge in [0.15, 0.2) is 10.8 Å². The molecule has 4 atom stereocenters. The number of ketones is 1. The highest BCUT2D eigenvalue weighted by Crippen LogP contribution is 2.39. The van der Waals surface area contributed by atoms with Crippen molar-refractivity contribution in [2.75, 3.05) is 21.3 Å². The number of alkyl halides is 12. The zero-order valence-electron chi connectivity index (χ0n) is 49.9. The van der Waals surface area contributed by atoms with Crippen molar-refractivity contribution in [3.05, 3.63) is 192 Å². The number of aliphatic hydroxyl groups is 1. The van der Waals surface area contributed by atoms with Crippen LogP contribution in [0.4, 0.5) is 76.0 Å². The SMILES string of the molecule is CC(=O)c1ncc(C(=O)Nc2cc(C(F)(F)F)c(Cl)cn2)s1.C[C@@H](N)c1ncc(C(=O)Nc2cc(C(F)(F)F)c(Cl)cn2)s1.C[C@@H](N)c1ncc(C(=O)Nc2cc(C(F)(F)F)c(Cl)cn2)s1.C[C@@H](N)c1ncc(C(=O)Nc2cc(C(F)(F)F)c(Cl)cn2)s1.O=C([O-])[C@@H](O)c1ccccc1. The Morgan fingerprint density at radius 1 is 0.434 bits per heavy atom. The van der Waals surface area contributed by atoms with Crippen LogP contribution in [0.5, 0.6) is 0 Å². The molecule has 0 aliphatic heterocycles. The summed E-state index contributed by atoms with van der Waals surface area (Å²) in [5.74, 6) is -5.42. The van der Waals surface area contributed by atoms with Gasteiger partial charge in [0.1, 0.15) is 63.9 Å². The summed E-state index contributed by atoms with van der Waals surface area (Å²) >= 11 is 25.8. The smallest absolute Gasteiger partial charge is 0.418 e. The number of halogens is 16. The summed E-state index contributed by atoms with van der Waals surface area (Å²) in [6.07, 6.45) is -11.7. The number of aromatic nitrogens is 8. The van der Waals surface area contributed by atoms with Gasteiger partial charge in [-0.25, -0.2) is 39.9 Å². The number of pyridine rings is 4. The highest BCUT2D eigenvalue weighted by molar-refractivity contribution is 7.15. The molecule has 0 saturated heterocycles. The van der Waals surface area contributed by atoms with Gasteiger partial charge in [-0.2, -0.15) is 52.7 Å². The third kappa shape index (κ3) is 24.4. The minimum absolute atomic E-state index is 0.0792. The molecule has 43 heteroatoms. The Kier molecular flexibility index (Phi) is 28.7. The summed E-state index contributed by atoms with van der Waals surface area (Å²) < 4.78 is 153.